The maximum atomic E-state index is 12.8. The van der Waals surface area contributed by atoms with E-state index in [1.807, 2.05) is 6.07 Å². The van der Waals surface area contributed by atoms with Crippen molar-refractivity contribution in [3.8, 4) is 11.8 Å². The fraction of sp³-hybridized carbons (Fsp3) is 0.412. The summed E-state index contributed by atoms with van der Waals surface area (Å²) in [4.78, 5) is 21.0. The molecule has 0 radical (unpaired) electrons. The summed E-state index contributed by atoms with van der Waals surface area (Å²) in [7, 11) is 0. The van der Waals surface area contributed by atoms with Gasteiger partial charge in [-0.2, -0.15) is 18.4 Å². The molecule has 0 saturated heterocycles. The van der Waals surface area contributed by atoms with Gasteiger partial charge in [0.1, 0.15) is 17.6 Å². The summed E-state index contributed by atoms with van der Waals surface area (Å²) >= 11 is 0. The third kappa shape index (κ3) is 3.02. The Morgan fingerprint density at radius 2 is 1.96 bits per heavy atom. The number of pyridine rings is 1. The first-order valence-electron chi connectivity index (χ1n) is 7.75. The second-order valence-electron chi connectivity index (χ2n) is 6.24. The molecule has 2 aromatic heterocycles. The lowest BCUT2D eigenvalue weighted by molar-refractivity contribution is -0.198. The monoisotopic (exact) mass is 348 g/mol. The molecular formula is C17H15F3N4O. The first-order valence-corrected chi connectivity index (χ1v) is 7.75. The van der Waals surface area contributed by atoms with E-state index in [4.69, 9.17) is 5.26 Å². The molecule has 0 bridgehead atoms. The summed E-state index contributed by atoms with van der Waals surface area (Å²) in [5, 5.41) is 8.83. The number of halogens is 3. The fourth-order valence-electron chi connectivity index (χ4n) is 2.94. The van der Waals surface area contributed by atoms with Crippen LogP contribution in [0.2, 0.25) is 0 Å². The topological polar surface area (TPSA) is 71.6 Å². The van der Waals surface area contributed by atoms with Gasteiger partial charge < -0.3 is 0 Å². The minimum Gasteiger partial charge on any atom is -0.269 e. The summed E-state index contributed by atoms with van der Waals surface area (Å²) in [6.07, 6.45) is -3.03. The van der Waals surface area contributed by atoms with Gasteiger partial charge in [-0.1, -0.05) is 0 Å². The van der Waals surface area contributed by atoms with E-state index in [1.165, 1.54) is 16.8 Å². The van der Waals surface area contributed by atoms with E-state index < -0.39 is 18.0 Å². The molecule has 8 heteroatoms. The zero-order chi connectivity index (χ0) is 18.4. The molecule has 0 atom stereocenters. The molecule has 1 fully saturated rings. The summed E-state index contributed by atoms with van der Waals surface area (Å²) in [6.45, 7) is 3.29. The van der Waals surface area contributed by atoms with Crippen LogP contribution in [0.25, 0.3) is 5.69 Å². The van der Waals surface area contributed by atoms with Crippen LogP contribution in [-0.2, 0) is 0 Å². The molecule has 2 heterocycles. The molecular weight excluding hydrogens is 333 g/mol. The molecule has 0 N–H and O–H groups in total. The predicted octanol–water partition coefficient (Wildman–Crippen LogP) is 3.17. The Bertz CT molecular complexity index is 904. The van der Waals surface area contributed by atoms with Crippen LogP contribution < -0.4 is 5.56 Å². The maximum Gasteiger partial charge on any atom is 0.391 e. The average molecular weight is 348 g/mol. The van der Waals surface area contributed by atoms with Gasteiger partial charge in [-0.05, 0) is 38.8 Å². The van der Waals surface area contributed by atoms with E-state index in [2.05, 4.69) is 9.97 Å². The molecule has 25 heavy (non-hydrogen) atoms. The Morgan fingerprint density at radius 3 is 2.48 bits per heavy atom. The molecule has 1 aliphatic carbocycles. The first-order chi connectivity index (χ1) is 11.7. The number of nitriles is 1. The summed E-state index contributed by atoms with van der Waals surface area (Å²) in [5.41, 5.74) is 1.19. The molecule has 2 aromatic rings. The lowest BCUT2D eigenvalue weighted by Crippen LogP contribution is -2.38. The molecule has 0 unspecified atom stereocenters. The molecule has 0 aromatic carbocycles. The average Bonchev–Trinajstić information content (AvgIpc) is 2.50. The van der Waals surface area contributed by atoms with Crippen molar-refractivity contribution < 1.29 is 13.2 Å². The van der Waals surface area contributed by atoms with E-state index in [-0.39, 0.29) is 24.1 Å². The molecule has 3 rings (SSSR count). The Kier molecular flexibility index (Phi) is 4.11. The molecule has 0 aliphatic heterocycles. The van der Waals surface area contributed by atoms with E-state index in [0.717, 1.165) is 0 Å². The number of aromatic nitrogens is 3. The van der Waals surface area contributed by atoms with Crippen LogP contribution in [0.5, 0.6) is 0 Å². The predicted molar refractivity (Wildman–Crippen MR) is 83.3 cm³/mol. The highest BCUT2D eigenvalue weighted by atomic mass is 19.4. The van der Waals surface area contributed by atoms with Crippen molar-refractivity contribution in [1.82, 2.24) is 14.5 Å². The maximum absolute atomic E-state index is 12.8. The van der Waals surface area contributed by atoms with Crippen LogP contribution in [-0.4, -0.2) is 20.7 Å². The van der Waals surface area contributed by atoms with Gasteiger partial charge in [-0.3, -0.25) is 9.36 Å². The second-order valence-corrected chi connectivity index (χ2v) is 6.24. The highest BCUT2D eigenvalue weighted by Crippen LogP contribution is 2.49. The van der Waals surface area contributed by atoms with Crippen LogP contribution in [0, 0.1) is 31.1 Å². The minimum atomic E-state index is -4.22. The van der Waals surface area contributed by atoms with Crippen molar-refractivity contribution in [2.75, 3.05) is 0 Å². The van der Waals surface area contributed by atoms with Crippen molar-refractivity contribution in [2.45, 2.75) is 38.8 Å². The van der Waals surface area contributed by atoms with Crippen molar-refractivity contribution in [1.29, 1.82) is 5.26 Å². The van der Waals surface area contributed by atoms with E-state index >= 15 is 0 Å². The highest BCUT2D eigenvalue weighted by molar-refractivity contribution is 5.36. The van der Waals surface area contributed by atoms with Crippen LogP contribution in [0.3, 0.4) is 0 Å². The van der Waals surface area contributed by atoms with Crippen molar-refractivity contribution in [3.63, 3.8) is 0 Å². The van der Waals surface area contributed by atoms with Crippen LogP contribution in [0.1, 0.15) is 41.5 Å². The molecule has 0 spiro atoms. The number of hydrogen-bond acceptors (Lipinski definition) is 4. The van der Waals surface area contributed by atoms with Gasteiger partial charge in [0.2, 0.25) is 0 Å². The van der Waals surface area contributed by atoms with Crippen LogP contribution in [0.4, 0.5) is 13.2 Å². The molecule has 0 amide bonds. The summed E-state index contributed by atoms with van der Waals surface area (Å²) in [6, 6.07) is 4.89. The molecule has 1 saturated carbocycles. The first kappa shape index (κ1) is 17.1. The summed E-state index contributed by atoms with van der Waals surface area (Å²) < 4.78 is 39.7. The van der Waals surface area contributed by atoms with E-state index in [9.17, 15) is 18.0 Å². The Balaban J connectivity index is 2.07. The van der Waals surface area contributed by atoms with Crippen molar-refractivity contribution in [2.24, 2.45) is 5.92 Å². The Labute approximate surface area is 141 Å². The van der Waals surface area contributed by atoms with Crippen LogP contribution in [0.15, 0.2) is 23.1 Å². The number of rotatable bonds is 2. The second kappa shape index (κ2) is 5.99. The molecule has 1 aliphatic rings. The largest absolute Gasteiger partial charge is 0.391 e. The number of nitrogens with zero attached hydrogens (tertiary/aromatic N) is 4. The number of alkyl halides is 3. The third-order valence-corrected chi connectivity index (χ3v) is 4.66. The fourth-order valence-corrected chi connectivity index (χ4v) is 2.94. The van der Waals surface area contributed by atoms with Gasteiger partial charge in [0.25, 0.3) is 5.56 Å². The summed E-state index contributed by atoms with van der Waals surface area (Å²) in [5.74, 6) is -1.47. The van der Waals surface area contributed by atoms with Crippen LogP contribution >= 0.6 is 0 Å². The van der Waals surface area contributed by atoms with Gasteiger partial charge in [-0.25, -0.2) is 9.97 Å². The Hall–Kier alpha value is -2.69. The highest BCUT2D eigenvalue weighted by Gasteiger charge is 2.49. The van der Waals surface area contributed by atoms with Gasteiger partial charge in [0.15, 0.2) is 0 Å². The Morgan fingerprint density at radius 1 is 1.28 bits per heavy atom. The minimum absolute atomic E-state index is 0.0812. The quantitative estimate of drug-likeness (QED) is 0.836. The SMILES string of the molecule is Cc1nc([C@H]2C[C@@H](C(F)(F)F)C2)n(-c2ccc(C#N)nc2)c(=O)c1C. The zero-order valence-electron chi connectivity index (χ0n) is 13.6. The van der Waals surface area contributed by atoms with E-state index in [1.54, 1.807) is 19.9 Å². The van der Waals surface area contributed by atoms with Gasteiger partial charge >= 0.3 is 6.18 Å². The molecule has 130 valence electrons. The van der Waals surface area contributed by atoms with Gasteiger partial charge in [0.05, 0.1) is 17.8 Å². The van der Waals surface area contributed by atoms with Gasteiger partial charge in [-0.15, -0.1) is 0 Å². The number of aryl methyl sites for hydroxylation is 1. The lowest BCUT2D eigenvalue weighted by atomic mass is 9.74. The third-order valence-electron chi connectivity index (χ3n) is 4.66. The van der Waals surface area contributed by atoms with Gasteiger partial charge in [0, 0.05) is 17.2 Å². The normalized spacial score (nSPS) is 20.0. The van der Waals surface area contributed by atoms with Crippen molar-refractivity contribution in [3.05, 3.63) is 51.5 Å². The van der Waals surface area contributed by atoms with Crippen molar-refractivity contribution >= 4 is 0 Å². The number of hydrogen-bond donors (Lipinski definition) is 0. The lowest BCUT2D eigenvalue weighted by Gasteiger charge is -2.37. The zero-order valence-corrected chi connectivity index (χ0v) is 13.6. The van der Waals surface area contributed by atoms with E-state index in [0.29, 0.717) is 22.8 Å². The molecule has 5 nitrogen and oxygen atoms in total. The standard InChI is InChI=1S/C17H15F3N4O/c1-9-10(2)23-15(11-5-12(6-11)17(18,19)20)24(16(9)25)14-4-3-13(7-21)22-8-14/h3-4,8,11-12H,5-6H2,1-2H3/t11-,12+. The smallest absolute Gasteiger partial charge is 0.269 e.